The number of rotatable bonds is 2. The zero-order valence-corrected chi connectivity index (χ0v) is 6.69. The molecule has 0 spiro atoms. The van der Waals surface area contributed by atoms with Crippen LogP contribution in [0.3, 0.4) is 0 Å². The molecule has 0 heterocycles. The molecule has 2 unspecified atom stereocenters. The van der Waals surface area contributed by atoms with Gasteiger partial charge in [-0.05, 0) is 19.3 Å². The average molecular weight is 180 g/mol. The first kappa shape index (κ1) is 12.5. The minimum atomic E-state index is -0.860. The summed E-state index contributed by atoms with van der Waals surface area (Å²) in [5, 5.41) is 17.3. The third-order valence-corrected chi connectivity index (χ3v) is 2.37. The molecule has 0 aromatic heterocycles. The van der Waals surface area contributed by atoms with Gasteiger partial charge in [-0.1, -0.05) is 6.42 Å². The number of hydrogen-bond donors (Lipinski definition) is 2. The zero-order valence-electron chi connectivity index (χ0n) is 6.69. The molecular weight excluding hydrogens is 167 g/mol. The first-order chi connectivity index (χ1) is 5.61. The molecule has 1 aliphatic carbocycles. The Hall–Kier alpha value is -0.463. The number of hydrogen-bond acceptors (Lipinski definition) is 2. The van der Waals surface area contributed by atoms with Crippen molar-refractivity contribution in [2.24, 2.45) is 11.8 Å². The van der Waals surface area contributed by atoms with Crippen molar-refractivity contribution in [2.45, 2.75) is 25.7 Å². The van der Waals surface area contributed by atoms with Crippen LogP contribution in [0.25, 0.3) is 0 Å². The van der Waals surface area contributed by atoms with Crippen LogP contribution in [-0.4, -0.2) is 41.0 Å². The van der Waals surface area contributed by atoms with E-state index >= 15 is 0 Å². The number of aliphatic carboxylic acids is 2. The molecule has 0 saturated heterocycles. The topological polar surface area (TPSA) is 74.6 Å². The van der Waals surface area contributed by atoms with Crippen molar-refractivity contribution in [2.75, 3.05) is 0 Å². The summed E-state index contributed by atoms with van der Waals surface area (Å²) >= 11 is 0. The molecule has 0 aliphatic heterocycles. The molecule has 1 aliphatic rings. The third-order valence-electron chi connectivity index (χ3n) is 2.37. The van der Waals surface area contributed by atoms with E-state index in [-0.39, 0.29) is 18.9 Å². The van der Waals surface area contributed by atoms with Crippen LogP contribution in [-0.2, 0) is 9.59 Å². The molecule has 4 nitrogen and oxygen atoms in total. The van der Waals surface area contributed by atoms with Gasteiger partial charge < -0.3 is 10.2 Å². The van der Waals surface area contributed by atoms with Gasteiger partial charge in [0.15, 0.2) is 0 Å². The van der Waals surface area contributed by atoms with E-state index in [2.05, 4.69) is 0 Å². The summed E-state index contributed by atoms with van der Waals surface area (Å²) in [5.74, 6) is -2.61. The van der Waals surface area contributed by atoms with E-state index in [1.807, 2.05) is 0 Å². The molecule has 70 valence electrons. The van der Waals surface area contributed by atoms with Gasteiger partial charge in [0.25, 0.3) is 0 Å². The van der Waals surface area contributed by atoms with Crippen molar-refractivity contribution >= 4 is 30.8 Å². The van der Waals surface area contributed by atoms with E-state index in [9.17, 15) is 9.59 Å². The quantitative estimate of drug-likeness (QED) is 0.600. The van der Waals surface area contributed by atoms with Gasteiger partial charge in [0.2, 0.25) is 0 Å². The summed E-state index contributed by atoms with van der Waals surface area (Å²) < 4.78 is 0. The van der Waals surface area contributed by atoms with Crippen LogP contribution in [0, 0.1) is 11.8 Å². The van der Waals surface area contributed by atoms with Crippen molar-refractivity contribution in [3.8, 4) is 0 Å². The number of carboxylic acids is 2. The summed E-state index contributed by atoms with van der Waals surface area (Å²) in [6.45, 7) is 0. The van der Waals surface area contributed by atoms with Gasteiger partial charge in [0.05, 0.1) is 11.8 Å². The molecule has 2 N–H and O–H groups in total. The Labute approximate surface area is 88.5 Å². The Morgan fingerprint density at radius 3 is 1.69 bits per heavy atom. The van der Waals surface area contributed by atoms with Crippen molar-refractivity contribution in [1.82, 2.24) is 0 Å². The van der Waals surface area contributed by atoms with Crippen molar-refractivity contribution in [3.63, 3.8) is 0 Å². The summed E-state index contributed by atoms with van der Waals surface area (Å²) in [5.41, 5.74) is 0. The first-order valence-electron chi connectivity index (χ1n) is 4.07. The summed E-state index contributed by atoms with van der Waals surface area (Å²) in [6, 6.07) is 0. The second-order valence-corrected chi connectivity index (χ2v) is 3.24. The normalized spacial score (nSPS) is 27.4. The Kier molecular flexibility index (Phi) is 5.12. The standard InChI is InChI=1S/C8H12O4.Li.H/c9-7(10)5-2-1-3-6(4-5)8(11)12;;/h5-6H,1-4H2,(H,9,10)(H,11,12);;. The van der Waals surface area contributed by atoms with Gasteiger partial charge in [-0.15, -0.1) is 0 Å². The van der Waals surface area contributed by atoms with Gasteiger partial charge in [0, 0.05) is 0 Å². The van der Waals surface area contributed by atoms with Gasteiger partial charge in [0.1, 0.15) is 0 Å². The maximum absolute atomic E-state index is 10.5. The van der Waals surface area contributed by atoms with Crippen LogP contribution in [0.2, 0.25) is 0 Å². The van der Waals surface area contributed by atoms with Crippen LogP contribution in [0.5, 0.6) is 0 Å². The van der Waals surface area contributed by atoms with E-state index in [0.717, 1.165) is 0 Å². The molecule has 1 fully saturated rings. The molecule has 0 radical (unpaired) electrons. The molecule has 0 bridgehead atoms. The van der Waals surface area contributed by atoms with E-state index in [0.29, 0.717) is 25.7 Å². The molecule has 0 aromatic rings. The number of carboxylic acid groups (broad SMARTS) is 2. The van der Waals surface area contributed by atoms with Gasteiger partial charge in [-0.3, -0.25) is 9.59 Å². The molecular formula is C8H13LiO4. The van der Waals surface area contributed by atoms with Crippen molar-refractivity contribution in [3.05, 3.63) is 0 Å². The fourth-order valence-electron chi connectivity index (χ4n) is 1.64. The summed E-state index contributed by atoms with van der Waals surface area (Å²) in [7, 11) is 0. The van der Waals surface area contributed by atoms with Crippen molar-refractivity contribution < 1.29 is 19.8 Å². The Morgan fingerprint density at radius 1 is 1.00 bits per heavy atom. The average Bonchev–Trinajstić information content (AvgIpc) is 2.04. The van der Waals surface area contributed by atoms with Gasteiger partial charge in [-0.25, -0.2) is 0 Å². The monoisotopic (exact) mass is 180 g/mol. The Balaban J connectivity index is 0.00000144. The van der Waals surface area contributed by atoms with E-state index in [4.69, 9.17) is 10.2 Å². The van der Waals surface area contributed by atoms with Crippen LogP contribution >= 0.6 is 0 Å². The summed E-state index contributed by atoms with van der Waals surface area (Å²) in [6.07, 6.45) is 2.26. The molecule has 0 aromatic carbocycles. The third kappa shape index (κ3) is 3.41. The summed E-state index contributed by atoms with van der Waals surface area (Å²) in [4.78, 5) is 21.1. The molecule has 0 amide bonds. The zero-order chi connectivity index (χ0) is 9.14. The fraction of sp³-hybridized carbons (Fsp3) is 0.750. The second-order valence-electron chi connectivity index (χ2n) is 3.24. The minimum absolute atomic E-state index is 0. The number of carbonyl (C=O) groups is 2. The molecule has 1 rings (SSSR count). The van der Waals surface area contributed by atoms with Crippen LogP contribution < -0.4 is 0 Å². The predicted octanol–water partition coefficient (Wildman–Crippen LogP) is 0.314. The Morgan fingerprint density at radius 2 is 1.38 bits per heavy atom. The van der Waals surface area contributed by atoms with Crippen LogP contribution in [0.1, 0.15) is 25.7 Å². The van der Waals surface area contributed by atoms with E-state index in [1.54, 1.807) is 0 Å². The van der Waals surface area contributed by atoms with E-state index in [1.165, 1.54) is 0 Å². The maximum atomic E-state index is 10.5. The first-order valence-corrected chi connectivity index (χ1v) is 4.07. The fourth-order valence-corrected chi connectivity index (χ4v) is 1.64. The second kappa shape index (κ2) is 5.31. The molecule has 1 saturated carbocycles. The van der Waals surface area contributed by atoms with E-state index < -0.39 is 23.8 Å². The van der Waals surface area contributed by atoms with Gasteiger partial charge in [-0.2, -0.15) is 0 Å². The SMILES string of the molecule is O=C(O)C1CCCC(C(=O)O)C1.[LiH]. The predicted molar refractivity (Wildman–Crippen MR) is 47.9 cm³/mol. The molecule has 2 atom stereocenters. The van der Waals surface area contributed by atoms with Crippen molar-refractivity contribution in [1.29, 1.82) is 0 Å². The van der Waals surface area contributed by atoms with Crippen LogP contribution in [0.4, 0.5) is 0 Å². The molecule has 13 heavy (non-hydrogen) atoms. The van der Waals surface area contributed by atoms with Crippen LogP contribution in [0.15, 0.2) is 0 Å². The molecule has 5 heteroatoms. The van der Waals surface area contributed by atoms with Gasteiger partial charge >= 0.3 is 30.8 Å². The Bertz CT molecular complexity index is 184.